The summed E-state index contributed by atoms with van der Waals surface area (Å²) in [5, 5.41) is 3.49. The number of nitrogens with one attached hydrogen (secondary N) is 1. The predicted molar refractivity (Wildman–Crippen MR) is 72.5 cm³/mol. The van der Waals surface area contributed by atoms with Gasteiger partial charge in [-0.15, -0.1) is 0 Å². The van der Waals surface area contributed by atoms with E-state index in [1.54, 1.807) is 6.07 Å². The normalized spacial score (nSPS) is 17.8. The molecule has 0 radical (unpaired) electrons. The molecule has 1 aliphatic rings. The molecule has 0 aliphatic heterocycles. The predicted octanol–water partition coefficient (Wildman–Crippen LogP) is 4.43. The van der Waals surface area contributed by atoms with Crippen LogP contribution in [0, 0.1) is 11.7 Å². The van der Waals surface area contributed by atoms with E-state index < -0.39 is 0 Å². The average Bonchev–Trinajstić information content (AvgIpc) is 2.26. The van der Waals surface area contributed by atoms with Crippen molar-refractivity contribution in [2.45, 2.75) is 38.6 Å². The fourth-order valence-corrected chi connectivity index (χ4v) is 2.75. The summed E-state index contributed by atoms with van der Waals surface area (Å²) in [4.78, 5) is 0. The molecular formula is C14H19BrFN. The Morgan fingerprint density at radius 3 is 2.82 bits per heavy atom. The molecule has 1 fully saturated rings. The smallest absolute Gasteiger partial charge is 0.142 e. The molecule has 3 heteroatoms. The second kappa shape index (κ2) is 5.96. The summed E-state index contributed by atoms with van der Waals surface area (Å²) in [6, 6.07) is 5.77. The van der Waals surface area contributed by atoms with Gasteiger partial charge < -0.3 is 5.32 Å². The van der Waals surface area contributed by atoms with Gasteiger partial charge >= 0.3 is 0 Å². The van der Waals surface area contributed by atoms with E-state index in [9.17, 15) is 4.39 Å². The zero-order valence-corrected chi connectivity index (χ0v) is 11.8. The average molecular weight is 300 g/mol. The monoisotopic (exact) mass is 299 g/mol. The van der Waals surface area contributed by atoms with Crippen LogP contribution >= 0.6 is 15.9 Å². The van der Waals surface area contributed by atoms with Gasteiger partial charge in [0, 0.05) is 11.6 Å². The SMILES string of the molecule is CCCNC(c1cccc(Br)c1F)C1CCC1. The van der Waals surface area contributed by atoms with Crippen LogP contribution in [0.1, 0.15) is 44.2 Å². The van der Waals surface area contributed by atoms with Crippen molar-refractivity contribution in [2.75, 3.05) is 6.54 Å². The Labute approximate surface area is 111 Å². The molecule has 94 valence electrons. The first kappa shape index (κ1) is 13.0. The molecule has 1 unspecified atom stereocenters. The molecule has 1 aromatic rings. The maximum Gasteiger partial charge on any atom is 0.142 e. The van der Waals surface area contributed by atoms with Crippen molar-refractivity contribution in [3.8, 4) is 0 Å². The molecule has 0 bridgehead atoms. The van der Waals surface area contributed by atoms with Crippen LogP contribution in [0.25, 0.3) is 0 Å². The molecule has 1 N–H and O–H groups in total. The Morgan fingerprint density at radius 1 is 1.47 bits per heavy atom. The van der Waals surface area contributed by atoms with Crippen LogP contribution in [0.2, 0.25) is 0 Å². The summed E-state index contributed by atoms with van der Waals surface area (Å²) in [6.07, 6.45) is 4.80. The van der Waals surface area contributed by atoms with E-state index in [4.69, 9.17) is 0 Å². The standard InChI is InChI=1S/C14H19BrFN/c1-2-9-17-14(10-5-3-6-10)11-7-4-8-12(15)13(11)16/h4,7-8,10,14,17H,2-3,5-6,9H2,1H3. The minimum atomic E-state index is -0.104. The molecule has 1 saturated carbocycles. The molecule has 0 heterocycles. The van der Waals surface area contributed by atoms with Gasteiger partial charge in [0.05, 0.1) is 4.47 Å². The number of rotatable bonds is 5. The first-order chi connectivity index (χ1) is 8.24. The lowest BCUT2D eigenvalue weighted by Crippen LogP contribution is -2.33. The Hall–Kier alpha value is -0.410. The van der Waals surface area contributed by atoms with Crippen molar-refractivity contribution < 1.29 is 4.39 Å². The second-order valence-corrected chi connectivity index (χ2v) is 5.62. The van der Waals surface area contributed by atoms with Gasteiger partial charge in [-0.25, -0.2) is 4.39 Å². The molecule has 1 aromatic carbocycles. The topological polar surface area (TPSA) is 12.0 Å². The van der Waals surface area contributed by atoms with Crippen molar-refractivity contribution in [3.05, 3.63) is 34.1 Å². The summed E-state index contributed by atoms with van der Waals surface area (Å²) in [6.45, 7) is 3.09. The first-order valence-electron chi connectivity index (χ1n) is 6.41. The van der Waals surface area contributed by atoms with Crippen LogP contribution in [0.3, 0.4) is 0 Å². The third-order valence-corrected chi connectivity index (χ3v) is 4.16. The fraction of sp³-hybridized carbons (Fsp3) is 0.571. The molecular weight excluding hydrogens is 281 g/mol. The van der Waals surface area contributed by atoms with E-state index >= 15 is 0 Å². The molecule has 2 rings (SSSR count). The van der Waals surface area contributed by atoms with Crippen LogP contribution in [0.15, 0.2) is 22.7 Å². The lowest BCUT2D eigenvalue weighted by Gasteiger charge is -2.35. The van der Waals surface area contributed by atoms with Crippen molar-refractivity contribution >= 4 is 15.9 Å². The summed E-state index contributed by atoms with van der Waals surface area (Å²) < 4.78 is 14.7. The third-order valence-electron chi connectivity index (χ3n) is 3.55. The molecule has 1 atom stereocenters. The highest BCUT2D eigenvalue weighted by Gasteiger charge is 2.30. The van der Waals surface area contributed by atoms with Crippen LogP contribution in [-0.2, 0) is 0 Å². The summed E-state index contributed by atoms with van der Waals surface area (Å²) in [5.41, 5.74) is 0.817. The quantitative estimate of drug-likeness (QED) is 0.848. The Morgan fingerprint density at radius 2 is 2.24 bits per heavy atom. The highest BCUT2D eigenvalue weighted by atomic mass is 79.9. The van der Waals surface area contributed by atoms with E-state index in [-0.39, 0.29) is 11.9 Å². The van der Waals surface area contributed by atoms with Crippen molar-refractivity contribution in [3.63, 3.8) is 0 Å². The van der Waals surface area contributed by atoms with Gasteiger partial charge in [0.2, 0.25) is 0 Å². The maximum absolute atomic E-state index is 14.1. The van der Waals surface area contributed by atoms with Gasteiger partial charge in [-0.05, 0) is 53.7 Å². The highest BCUT2D eigenvalue weighted by Crippen LogP contribution is 2.39. The van der Waals surface area contributed by atoms with Crippen LogP contribution in [0.4, 0.5) is 4.39 Å². The van der Waals surface area contributed by atoms with Gasteiger partial charge in [0.1, 0.15) is 5.82 Å². The fourth-order valence-electron chi connectivity index (χ4n) is 2.36. The van der Waals surface area contributed by atoms with Crippen molar-refractivity contribution in [2.24, 2.45) is 5.92 Å². The number of benzene rings is 1. The Balaban J connectivity index is 2.21. The molecule has 17 heavy (non-hydrogen) atoms. The van der Waals surface area contributed by atoms with E-state index in [0.717, 1.165) is 18.5 Å². The summed E-state index contributed by atoms with van der Waals surface area (Å²) in [7, 11) is 0. The molecule has 1 nitrogen and oxygen atoms in total. The number of hydrogen-bond acceptors (Lipinski definition) is 1. The van der Waals surface area contributed by atoms with Crippen molar-refractivity contribution in [1.82, 2.24) is 5.32 Å². The zero-order chi connectivity index (χ0) is 12.3. The Bertz CT molecular complexity index is 376. The first-order valence-corrected chi connectivity index (χ1v) is 7.20. The largest absolute Gasteiger partial charge is 0.310 e. The molecule has 0 spiro atoms. The van der Waals surface area contributed by atoms with Gasteiger partial charge in [-0.1, -0.05) is 25.5 Å². The maximum atomic E-state index is 14.1. The van der Waals surface area contributed by atoms with Crippen molar-refractivity contribution in [1.29, 1.82) is 0 Å². The summed E-state index contributed by atoms with van der Waals surface area (Å²) >= 11 is 3.27. The van der Waals surface area contributed by atoms with E-state index in [1.165, 1.54) is 19.3 Å². The third kappa shape index (κ3) is 2.89. The second-order valence-electron chi connectivity index (χ2n) is 4.77. The lowest BCUT2D eigenvalue weighted by atomic mass is 9.77. The van der Waals surface area contributed by atoms with Crippen LogP contribution in [-0.4, -0.2) is 6.54 Å². The molecule has 1 aliphatic carbocycles. The number of halogens is 2. The van der Waals surface area contributed by atoms with Crippen LogP contribution in [0.5, 0.6) is 0 Å². The van der Waals surface area contributed by atoms with Gasteiger partial charge in [0.25, 0.3) is 0 Å². The van der Waals surface area contributed by atoms with Gasteiger partial charge in [0.15, 0.2) is 0 Å². The Kier molecular flexibility index (Phi) is 4.57. The number of hydrogen-bond donors (Lipinski definition) is 1. The minimum Gasteiger partial charge on any atom is -0.310 e. The lowest BCUT2D eigenvalue weighted by molar-refractivity contribution is 0.227. The van der Waals surface area contributed by atoms with E-state index in [0.29, 0.717) is 10.4 Å². The molecule has 0 aromatic heterocycles. The minimum absolute atomic E-state index is 0.104. The van der Waals surface area contributed by atoms with Crippen LogP contribution < -0.4 is 5.32 Å². The van der Waals surface area contributed by atoms with E-state index in [1.807, 2.05) is 12.1 Å². The zero-order valence-electron chi connectivity index (χ0n) is 10.2. The highest BCUT2D eigenvalue weighted by molar-refractivity contribution is 9.10. The van der Waals surface area contributed by atoms with Gasteiger partial charge in [-0.2, -0.15) is 0 Å². The molecule has 0 saturated heterocycles. The van der Waals surface area contributed by atoms with Gasteiger partial charge in [-0.3, -0.25) is 0 Å². The summed E-state index contributed by atoms with van der Waals surface area (Å²) in [5.74, 6) is 0.498. The van der Waals surface area contributed by atoms with E-state index in [2.05, 4.69) is 28.2 Å². The molecule has 0 amide bonds.